The Morgan fingerprint density at radius 3 is 2.34 bits per heavy atom. The van der Waals surface area contributed by atoms with Crippen LogP contribution in [0.1, 0.15) is 54.4 Å². The van der Waals surface area contributed by atoms with Gasteiger partial charge in [-0.15, -0.1) is 0 Å². The standard InChI is InChI=1S/C26H29N3O5S/c1-18-7-9-20(10-8-18)25(31)28(16-15-19-5-3-2-4-6-19)23-17-24(30)29(26(23)32)21-11-13-22(14-12-21)35(27,33)34/h5,7-14,23H,2-4,6,15-17H2,1H3,(H2,27,33,34). The van der Waals surface area contributed by atoms with Gasteiger partial charge in [-0.3, -0.25) is 14.4 Å². The van der Waals surface area contributed by atoms with Crippen molar-refractivity contribution in [3.8, 4) is 0 Å². The second-order valence-electron chi connectivity index (χ2n) is 9.05. The smallest absolute Gasteiger partial charge is 0.257 e. The van der Waals surface area contributed by atoms with Crippen LogP contribution in [0, 0.1) is 6.92 Å². The molecule has 0 saturated carbocycles. The first kappa shape index (κ1) is 24.8. The molecule has 3 amide bonds. The maximum absolute atomic E-state index is 13.5. The molecule has 8 nitrogen and oxygen atoms in total. The Kier molecular flexibility index (Phi) is 7.18. The highest BCUT2D eigenvalue weighted by Gasteiger charge is 2.44. The third-order valence-electron chi connectivity index (χ3n) is 6.54. The van der Waals surface area contributed by atoms with Crippen molar-refractivity contribution < 1.29 is 22.8 Å². The molecule has 2 aromatic rings. The Bertz CT molecular complexity index is 1270. The minimum Gasteiger partial charge on any atom is -0.326 e. The summed E-state index contributed by atoms with van der Waals surface area (Å²) >= 11 is 0. The van der Waals surface area contributed by atoms with Crippen molar-refractivity contribution in [3.05, 3.63) is 71.3 Å². The molecule has 0 bridgehead atoms. The minimum atomic E-state index is -3.90. The first-order chi connectivity index (χ1) is 16.6. The molecule has 1 saturated heterocycles. The van der Waals surface area contributed by atoms with Crippen LogP contribution in [-0.4, -0.2) is 43.6 Å². The van der Waals surface area contributed by atoms with Crippen molar-refractivity contribution in [2.24, 2.45) is 5.14 Å². The topological polar surface area (TPSA) is 118 Å². The first-order valence-electron chi connectivity index (χ1n) is 11.7. The summed E-state index contributed by atoms with van der Waals surface area (Å²) in [5, 5.41) is 5.15. The number of sulfonamides is 1. The fraction of sp³-hybridized carbons (Fsp3) is 0.346. The highest BCUT2D eigenvalue weighted by Crippen LogP contribution is 2.29. The maximum Gasteiger partial charge on any atom is 0.257 e. The number of nitrogens with zero attached hydrogens (tertiary/aromatic N) is 2. The summed E-state index contributed by atoms with van der Waals surface area (Å²) < 4.78 is 23.1. The summed E-state index contributed by atoms with van der Waals surface area (Å²) in [6.45, 7) is 2.26. The van der Waals surface area contributed by atoms with Gasteiger partial charge in [0.15, 0.2) is 0 Å². The van der Waals surface area contributed by atoms with Crippen LogP contribution in [0.25, 0.3) is 0 Å². The quantitative estimate of drug-likeness (QED) is 0.467. The number of aryl methyl sites for hydroxylation is 1. The van der Waals surface area contributed by atoms with Crippen molar-refractivity contribution in [1.82, 2.24) is 4.90 Å². The Morgan fingerprint density at radius 2 is 1.74 bits per heavy atom. The fourth-order valence-electron chi connectivity index (χ4n) is 4.57. The lowest BCUT2D eigenvalue weighted by Gasteiger charge is -2.28. The van der Waals surface area contributed by atoms with Crippen molar-refractivity contribution in [3.63, 3.8) is 0 Å². The maximum atomic E-state index is 13.5. The lowest BCUT2D eigenvalue weighted by atomic mass is 9.96. The number of hydrogen-bond acceptors (Lipinski definition) is 5. The Hall–Kier alpha value is -3.30. The molecule has 0 radical (unpaired) electrons. The summed E-state index contributed by atoms with van der Waals surface area (Å²) in [5.41, 5.74) is 2.99. The number of benzene rings is 2. The van der Waals surface area contributed by atoms with E-state index >= 15 is 0 Å². The molecule has 1 unspecified atom stereocenters. The minimum absolute atomic E-state index is 0.117. The summed E-state index contributed by atoms with van der Waals surface area (Å²) in [4.78, 5) is 42.3. The summed E-state index contributed by atoms with van der Waals surface area (Å²) in [6.07, 6.45) is 6.99. The summed E-state index contributed by atoms with van der Waals surface area (Å²) in [7, 11) is -3.90. The Labute approximate surface area is 205 Å². The monoisotopic (exact) mass is 495 g/mol. The van der Waals surface area contributed by atoms with Gasteiger partial charge in [0.1, 0.15) is 6.04 Å². The normalized spacial score (nSPS) is 18.5. The number of allylic oxidation sites excluding steroid dienone is 1. The molecule has 0 spiro atoms. The van der Waals surface area contributed by atoms with E-state index in [1.165, 1.54) is 34.7 Å². The number of carbonyl (C=O) groups excluding carboxylic acids is 3. The van der Waals surface area contributed by atoms with Crippen molar-refractivity contribution >= 4 is 33.4 Å². The van der Waals surface area contributed by atoms with Gasteiger partial charge >= 0.3 is 0 Å². The number of carbonyl (C=O) groups is 3. The third kappa shape index (κ3) is 5.52. The zero-order valence-electron chi connectivity index (χ0n) is 19.6. The van der Waals surface area contributed by atoms with E-state index in [2.05, 4.69) is 6.08 Å². The van der Waals surface area contributed by atoms with E-state index in [9.17, 15) is 22.8 Å². The van der Waals surface area contributed by atoms with Gasteiger partial charge in [-0.2, -0.15) is 0 Å². The molecule has 2 N–H and O–H groups in total. The van der Waals surface area contributed by atoms with E-state index in [4.69, 9.17) is 5.14 Å². The highest BCUT2D eigenvalue weighted by atomic mass is 32.2. The van der Waals surface area contributed by atoms with Gasteiger partial charge in [-0.05, 0) is 75.4 Å². The molecule has 2 aliphatic rings. The highest BCUT2D eigenvalue weighted by molar-refractivity contribution is 7.89. The lowest BCUT2D eigenvalue weighted by molar-refractivity contribution is -0.122. The molecule has 1 aliphatic heterocycles. The molecule has 1 heterocycles. The number of imide groups is 1. The van der Waals surface area contributed by atoms with E-state index in [1.54, 1.807) is 12.1 Å². The van der Waals surface area contributed by atoms with Crippen molar-refractivity contribution in [1.29, 1.82) is 0 Å². The molecule has 35 heavy (non-hydrogen) atoms. The van der Waals surface area contributed by atoms with Crippen LogP contribution in [-0.2, 0) is 19.6 Å². The average molecular weight is 496 g/mol. The second-order valence-corrected chi connectivity index (χ2v) is 10.6. The van der Waals surface area contributed by atoms with Crippen molar-refractivity contribution in [2.45, 2.75) is 56.4 Å². The number of nitrogens with two attached hydrogens (primary N) is 1. The number of amides is 3. The van der Waals surface area contributed by atoms with Gasteiger partial charge < -0.3 is 4.90 Å². The molecule has 1 atom stereocenters. The van der Waals surface area contributed by atoms with Gasteiger partial charge in [0, 0.05) is 12.1 Å². The van der Waals surface area contributed by atoms with Gasteiger partial charge in [-0.1, -0.05) is 29.3 Å². The van der Waals surface area contributed by atoms with Crippen LogP contribution in [0.15, 0.2) is 65.1 Å². The molecule has 9 heteroatoms. The largest absolute Gasteiger partial charge is 0.326 e. The molecule has 1 fully saturated rings. The van der Waals surface area contributed by atoms with E-state index < -0.39 is 27.9 Å². The Morgan fingerprint density at radius 1 is 1.06 bits per heavy atom. The van der Waals surface area contributed by atoms with Crippen molar-refractivity contribution in [2.75, 3.05) is 11.4 Å². The summed E-state index contributed by atoms with van der Waals surface area (Å²) in [5.74, 6) is -1.24. The van der Waals surface area contributed by atoms with Gasteiger partial charge in [0.25, 0.3) is 11.8 Å². The van der Waals surface area contributed by atoms with Crippen LogP contribution >= 0.6 is 0 Å². The SMILES string of the molecule is Cc1ccc(C(=O)N(CCC2=CCCCC2)C2CC(=O)N(c3ccc(S(N)(=O)=O)cc3)C2=O)cc1. The lowest BCUT2D eigenvalue weighted by Crippen LogP contribution is -2.46. The fourth-order valence-corrected chi connectivity index (χ4v) is 5.09. The van der Waals surface area contributed by atoms with Crippen LogP contribution in [0.2, 0.25) is 0 Å². The molecule has 2 aromatic carbocycles. The first-order valence-corrected chi connectivity index (χ1v) is 13.2. The molecule has 0 aromatic heterocycles. The zero-order chi connectivity index (χ0) is 25.2. The van der Waals surface area contributed by atoms with E-state index in [-0.39, 0.29) is 22.9 Å². The molecular weight excluding hydrogens is 466 g/mol. The molecule has 184 valence electrons. The van der Waals surface area contributed by atoms with Crippen LogP contribution in [0.5, 0.6) is 0 Å². The Balaban J connectivity index is 1.61. The van der Waals surface area contributed by atoms with Gasteiger partial charge in [0.05, 0.1) is 17.0 Å². The van der Waals surface area contributed by atoms with Gasteiger partial charge in [0.2, 0.25) is 15.9 Å². The molecule has 1 aliphatic carbocycles. The molecular formula is C26H29N3O5S. The molecule has 4 rings (SSSR count). The predicted molar refractivity (Wildman–Crippen MR) is 132 cm³/mol. The average Bonchev–Trinajstić information content (AvgIpc) is 3.13. The zero-order valence-corrected chi connectivity index (χ0v) is 20.5. The number of primary sulfonamides is 1. The second kappa shape index (κ2) is 10.1. The number of rotatable bonds is 7. The van der Waals surface area contributed by atoms with E-state index in [0.29, 0.717) is 18.5 Å². The van der Waals surface area contributed by atoms with E-state index in [1.807, 2.05) is 19.1 Å². The summed E-state index contributed by atoms with van der Waals surface area (Å²) in [6, 6.07) is 11.5. The van der Waals surface area contributed by atoms with Gasteiger partial charge in [-0.25, -0.2) is 18.5 Å². The van der Waals surface area contributed by atoms with E-state index in [0.717, 1.165) is 36.1 Å². The number of anilines is 1. The third-order valence-corrected chi connectivity index (χ3v) is 7.47. The number of hydrogen-bond donors (Lipinski definition) is 1. The van der Waals surface area contributed by atoms with Crippen LogP contribution in [0.4, 0.5) is 5.69 Å². The predicted octanol–water partition coefficient (Wildman–Crippen LogP) is 3.31. The van der Waals surface area contributed by atoms with Crippen LogP contribution < -0.4 is 10.0 Å². The van der Waals surface area contributed by atoms with Crippen LogP contribution in [0.3, 0.4) is 0 Å².